The third-order valence-corrected chi connectivity index (χ3v) is 5.67. The summed E-state index contributed by atoms with van der Waals surface area (Å²) in [6, 6.07) is 34.7. The van der Waals surface area contributed by atoms with E-state index >= 15 is 0 Å². The van der Waals surface area contributed by atoms with Crippen LogP contribution >= 0.6 is 0 Å². The van der Waals surface area contributed by atoms with E-state index in [4.69, 9.17) is 14.2 Å². The quantitative estimate of drug-likeness (QED) is 0.226. The largest absolute Gasteiger partial charge is 0.485 e. The van der Waals surface area contributed by atoms with Gasteiger partial charge in [0.1, 0.15) is 19.8 Å². The second-order valence-corrected chi connectivity index (χ2v) is 8.45. The smallest absolute Gasteiger partial charge is 0.203 e. The van der Waals surface area contributed by atoms with Crippen LogP contribution in [0, 0.1) is 0 Å². The van der Waals surface area contributed by atoms with Crippen LogP contribution < -0.4 is 19.5 Å². The van der Waals surface area contributed by atoms with Crippen LogP contribution in [-0.2, 0) is 26.2 Å². The Labute approximate surface area is 208 Å². The Morgan fingerprint density at radius 1 is 0.543 bits per heavy atom. The maximum Gasteiger partial charge on any atom is 0.203 e. The molecule has 0 atom stereocenters. The molecule has 4 rings (SSSR count). The van der Waals surface area contributed by atoms with E-state index in [0.717, 1.165) is 36.1 Å². The lowest BCUT2D eigenvalue weighted by molar-refractivity contribution is 0.229. The van der Waals surface area contributed by atoms with Crippen LogP contribution in [0.15, 0.2) is 103 Å². The molecule has 4 nitrogen and oxygen atoms in total. The second kappa shape index (κ2) is 13.2. The van der Waals surface area contributed by atoms with Crippen LogP contribution in [0.4, 0.5) is 0 Å². The van der Waals surface area contributed by atoms with Crippen molar-refractivity contribution in [3.63, 3.8) is 0 Å². The van der Waals surface area contributed by atoms with E-state index < -0.39 is 0 Å². The summed E-state index contributed by atoms with van der Waals surface area (Å²) in [5.74, 6) is 2.04. The van der Waals surface area contributed by atoms with Gasteiger partial charge in [-0.05, 0) is 60.8 Å². The summed E-state index contributed by atoms with van der Waals surface area (Å²) >= 11 is 0. The van der Waals surface area contributed by atoms with E-state index in [-0.39, 0.29) is 0 Å². The molecule has 4 heteroatoms. The van der Waals surface area contributed by atoms with Gasteiger partial charge in [0, 0.05) is 0 Å². The summed E-state index contributed by atoms with van der Waals surface area (Å²) in [4.78, 5) is 0. The first kappa shape index (κ1) is 24.4. The maximum absolute atomic E-state index is 6.35. The van der Waals surface area contributed by atoms with Crippen molar-refractivity contribution in [2.75, 3.05) is 13.6 Å². The highest BCUT2D eigenvalue weighted by molar-refractivity contribution is 5.54. The fourth-order valence-electron chi connectivity index (χ4n) is 3.80. The Balaban J connectivity index is 1.63. The zero-order chi connectivity index (χ0) is 24.1. The standard InChI is InChI=1S/C31H33NO3/c1-32-19-11-18-28-20-29(33-22-25-12-5-2-6-13-25)31(35-24-27-16-9-4-10-17-27)30(21-28)34-23-26-14-7-3-8-15-26/h2-10,12-17,20-21,32H,11,18-19,22-24H2,1H3. The van der Waals surface area contributed by atoms with Crippen LogP contribution in [0.1, 0.15) is 28.7 Å². The van der Waals surface area contributed by atoms with E-state index in [1.165, 1.54) is 5.56 Å². The lowest BCUT2D eigenvalue weighted by atomic mass is 10.1. The van der Waals surface area contributed by atoms with Crippen LogP contribution in [0.25, 0.3) is 0 Å². The van der Waals surface area contributed by atoms with Crippen molar-refractivity contribution >= 4 is 0 Å². The number of benzene rings is 4. The summed E-state index contributed by atoms with van der Waals surface area (Å²) in [6.07, 6.45) is 1.94. The monoisotopic (exact) mass is 467 g/mol. The van der Waals surface area contributed by atoms with E-state index in [9.17, 15) is 0 Å². The molecule has 0 radical (unpaired) electrons. The summed E-state index contributed by atoms with van der Waals surface area (Å²) in [7, 11) is 1.98. The van der Waals surface area contributed by atoms with Gasteiger partial charge in [-0.2, -0.15) is 0 Å². The van der Waals surface area contributed by atoms with Crippen molar-refractivity contribution in [1.29, 1.82) is 0 Å². The summed E-state index contributed by atoms with van der Waals surface area (Å²) < 4.78 is 19.0. The zero-order valence-electron chi connectivity index (χ0n) is 20.3. The molecule has 0 fully saturated rings. The molecule has 0 spiro atoms. The molecule has 0 aromatic heterocycles. The van der Waals surface area contributed by atoms with Crippen molar-refractivity contribution in [3.05, 3.63) is 125 Å². The van der Waals surface area contributed by atoms with Crippen molar-refractivity contribution in [3.8, 4) is 17.2 Å². The highest BCUT2D eigenvalue weighted by Gasteiger charge is 2.17. The average Bonchev–Trinajstić information content (AvgIpc) is 2.92. The molecule has 0 heterocycles. The molecule has 0 aliphatic rings. The SMILES string of the molecule is CNCCCc1cc(OCc2ccccc2)c(OCc2ccccc2)c(OCc2ccccc2)c1. The van der Waals surface area contributed by atoms with Gasteiger partial charge >= 0.3 is 0 Å². The van der Waals surface area contributed by atoms with Crippen molar-refractivity contribution < 1.29 is 14.2 Å². The molecule has 0 aliphatic heterocycles. The summed E-state index contributed by atoms with van der Waals surface area (Å²) in [6.45, 7) is 2.30. The van der Waals surface area contributed by atoms with E-state index in [1.54, 1.807) is 0 Å². The number of aryl methyl sites for hydroxylation is 1. The number of hydrogen-bond acceptors (Lipinski definition) is 4. The summed E-state index contributed by atoms with van der Waals surface area (Å²) in [5, 5.41) is 3.22. The number of nitrogens with one attached hydrogen (secondary N) is 1. The molecule has 0 saturated carbocycles. The first-order valence-electron chi connectivity index (χ1n) is 12.1. The van der Waals surface area contributed by atoms with Gasteiger partial charge in [-0.25, -0.2) is 0 Å². The topological polar surface area (TPSA) is 39.7 Å². The maximum atomic E-state index is 6.35. The van der Waals surface area contributed by atoms with Gasteiger partial charge in [0.05, 0.1) is 0 Å². The third kappa shape index (κ3) is 7.62. The normalized spacial score (nSPS) is 10.7. The number of rotatable bonds is 13. The van der Waals surface area contributed by atoms with Crippen LogP contribution in [0.3, 0.4) is 0 Å². The predicted molar refractivity (Wildman–Crippen MR) is 141 cm³/mol. The third-order valence-electron chi connectivity index (χ3n) is 5.67. The van der Waals surface area contributed by atoms with Crippen LogP contribution in [0.2, 0.25) is 0 Å². The van der Waals surface area contributed by atoms with Gasteiger partial charge < -0.3 is 19.5 Å². The van der Waals surface area contributed by atoms with Gasteiger partial charge in [0.2, 0.25) is 5.75 Å². The highest BCUT2D eigenvalue weighted by Crippen LogP contribution is 2.40. The first-order valence-corrected chi connectivity index (χ1v) is 12.1. The molecule has 4 aromatic rings. The Bertz CT molecular complexity index is 1080. The molecule has 0 unspecified atom stereocenters. The Morgan fingerprint density at radius 3 is 1.40 bits per heavy atom. The molecule has 35 heavy (non-hydrogen) atoms. The van der Waals surface area contributed by atoms with E-state index in [1.807, 2.05) is 61.6 Å². The van der Waals surface area contributed by atoms with Crippen LogP contribution in [-0.4, -0.2) is 13.6 Å². The Kier molecular flexibility index (Phi) is 9.20. The first-order chi connectivity index (χ1) is 17.3. The number of hydrogen-bond donors (Lipinski definition) is 1. The highest BCUT2D eigenvalue weighted by atomic mass is 16.5. The zero-order valence-corrected chi connectivity index (χ0v) is 20.3. The van der Waals surface area contributed by atoms with Gasteiger partial charge in [0.15, 0.2) is 11.5 Å². The molecule has 1 N–H and O–H groups in total. The fourth-order valence-corrected chi connectivity index (χ4v) is 3.80. The molecule has 0 bridgehead atoms. The molecule has 0 amide bonds. The van der Waals surface area contributed by atoms with Gasteiger partial charge in [-0.3, -0.25) is 0 Å². The van der Waals surface area contributed by atoms with Gasteiger partial charge in [-0.1, -0.05) is 91.0 Å². The lowest BCUT2D eigenvalue weighted by Crippen LogP contribution is -2.09. The predicted octanol–water partition coefficient (Wildman–Crippen LogP) is 6.58. The minimum Gasteiger partial charge on any atom is -0.485 e. The summed E-state index contributed by atoms with van der Waals surface area (Å²) in [5.41, 5.74) is 4.47. The fraction of sp³-hybridized carbons (Fsp3) is 0.226. The van der Waals surface area contributed by atoms with Crippen molar-refractivity contribution in [2.24, 2.45) is 0 Å². The molecule has 0 saturated heterocycles. The Morgan fingerprint density at radius 2 is 0.971 bits per heavy atom. The second-order valence-electron chi connectivity index (χ2n) is 8.45. The lowest BCUT2D eigenvalue weighted by Gasteiger charge is -2.19. The minimum atomic E-state index is 0.434. The van der Waals surface area contributed by atoms with Gasteiger partial charge in [0.25, 0.3) is 0 Å². The molecule has 0 aliphatic carbocycles. The van der Waals surface area contributed by atoms with Gasteiger partial charge in [-0.15, -0.1) is 0 Å². The average molecular weight is 468 g/mol. The molecular weight excluding hydrogens is 434 g/mol. The van der Waals surface area contributed by atoms with Crippen LogP contribution in [0.5, 0.6) is 17.2 Å². The minimum absolute atomic E-state index is 0.434. The van der Waals surface area contributed by atoms with E-state index in [0.29, 0.717) is 37.1 Å². The van der Waals surface area contributed by atoms with Crippen molar-refractivity contribution in [1.82, 2.24) is 5.32 Å². The number of ether oxygens (including phenoxy) is 3. The van der Waals surface area contributed by atoms with E-state index in [2.05, 4.69) is 53.8 Å². The molecular formula is C31H33NO3. The molecule has 180 valence electrons. The molecule has 4 aromatic carbocycles. The van der Waals surface area contributed by atoms with Crippen molar-refractivity contribution in [2.45, 2.75) is 32.7 Å². The Hall–Kier alpha value is -3.76.